The van der Waals surface area contributed by atoms with Crippen molar-refractivity contribution in [2.24, 2.45) is 0 Å². The van der Waals surface area contributed by atoms with E-state index in [4.69, 9.17) is 4.74 Å². The Morgan fingerprint density at radius 2 is 2.03 bits per heavy atom. The number of anilines is 1. The van der Waals surface area contributed by atoms with E-state index in [0.717, 1.165) is 35.8 Å². The van der Waals surface area contributed by atoms with Gasteiger partial charge in [0.15, 0.2) is 5.65 Å². The van der Waals surface area contributed by atoms with Gasteiger partial charge in [-0.3, -0.25) is 4.79 Å². The quantitative estimate of drug-likeness (QED) is 0.506. The Morgan fingerprint density at radius 3 is 2.72 bits per heavy atom. The van der Waals surface area contributed by atoms with Crippen LogP contribution in [0.3, 0.4) is 0 Å². The molecule has 0 spiro atoms. The highest BCUT2D eigenvalue weighted by Crippen LogP contribution is 2.28. The number of ether oxygens (including phenoxy) is 1. The average Bonchev–Trinajstić information content (AvgIpc) is 3.11. The SMILES string of the molecule is CCn1ncc2c(NC3CCOCC3)c(C(=O)NCCCNS(C)(=O)=O)cnc21. The number of hydrogen-bond acceptors (Lipinski definition) is 7. The van der Waals surface area contributed by atoms with Gasteiger partial charge in [-0.05, 0) is 26.2 Å². The molecule has 3 heterocycles. The van der Waals surface area contributed by atoms with Crippen LogP contribution in [0, 0.1) is 0 Å². The molecule has 0 radical (unpaired) electrons. The Kier molecular flexibility index (Phi) is 7.04. The number of sulfonamides is 1. The molecule has 2 aromatic heterocycles. The van der Waals surface area contributed by atoms with E-state index in [1.54, 1.807) is 17.1 Å². The van der Waals surface area contributed by atoms with Crippen molar-refractivity contribution in [1.29, 1.82) is 0 Å². The fourth-order valence-corrected chi connectivity index (χ4v) is 3.79. The van der Waals surface area contributed by atoms with Crippen LogP contribution in [0.15, 0.2) is 12.4 Å². The minimum atomic E-state index is -3.23. The van der Waals surface area contributed by atoms with Gasteiger partial charge in [-0.2, -0.15) is 5.10 Å². The highest BCUT2D eigenvalue weighted by atomic mass is 32.2. The highest BCUT2D eigenvalue weighted by Gasteiger charge is 2.21. The zero-order valence-corrected chi connectivity index (χ0v) is 17.6. The molecule has 1 fully saturated rings. The van der Waals surface area contributed by atoms with E-state index in [9.17, 15) is 13.2 Å². The predicted octanol–water partition coefficient (Wildman–Crippen LogP) is 0.711. The summed E-state index contributed by atoms with van der Waals surface area (Å²) >= 11 is 0. The van der Waals surface area contributed by atoms with Crippen LogP contribution in [0.1, 0.15) is 36.5 Å². The van der Waals surface area contributed by atoms with Crippen LogP contribution in [0.2, 0.25) is 0 Å². The third kappa shape index (κ3) is 5.64. The molecule has 0 saturated carbocycles. The molecule has 3 N–H and O–H groups in total. The molecule has 160 valence electrons. The van der Waals surface area contributed by atoms with Gasteiger partial charge in [-0.25, -0.2) is 22.8 Å². The van der Waals surface area contributed by atoms with Gasteiger partial charge in [0.05, 0.1) is 29.1 Å². The topological polar surface area (TPSA) is 127 Å². The average molecular weight is 425 g/mol. The molecule has 0 unspecified atom stereocenters. The van der Waals surface area contributed by atoms with Crippen molar-refractivity contribution in [1.82, 2.24) is 24.8 Å². The zero-order chi connectivity index (χ0) is 20.9. The summed E-state index contributed by atoms with van der Waals surface area (Å²) in [6.45, 7) is 4.68. The van der Waals surface area contributed by atoms with Crippen molar-refractivity contribution in [3.8, 4) is 0 Å². The monoisotopic (exact) mass is 424 g/mol. The first-order valence-electron chi connectivity index (χ1n) is 9.80. The number of rotatable bonds is 9. The number of aromatic nitrogens is 3. The summed E-state index contributed by atoms with van der Waals surface area (Å²) in [5.41, 5.74) is 1.92. The summed E-state index contributed by atoms with van der Waals surface area (Å²) in [4.78, 5) is 17.3. The predicted molar refractivity (Wildman–Crippen MR) is 110 cm³/mol. The first-order chi connectivity index (χ1) is 13.9. The summed E-state index contributed by atoms with van der Waals surface area (Å²) in [6.07, 6.45) is 6.64. The van der Waals surface area contributed by atoms with Crippen molar-refractivity contribution in [2.75, 3.05) is 37.9 Å². The normalized spacial score (nSPS) is 15.5. The van der Waals surface area contributed by atoms with Crippen LogP contribution in [-0.4, -0.2) is 67.7 Å². The smallest absolute Gasteiger partial charge is 0.254 e. The van der Waals surface area contributed by atoms with Crippen molar-refractivity contribution in [3.63, 3.8) is 0 Å². The molecule has 29 heavy (non-hydrogen) atoms. The third-order valence-electron chi connectivity index (χ3n) is 4.78. The van der Waals surface area contributed by atoms with Gasteiger partial charge in [-0.15, -0.1) is 0 Å². The van der Waals surface area contributed by atoms with E-state index < -0.39 is 10.0 Å². The number of nitrogens with zero attached hydrogens (tertiary/aromatic N) is 3. The van der Waals surface area contributed by atoms with Crippen molar-refractivity contribution in [2.45, 2.75) is 38.8 Å². The molecule has 2 aromatic rings. The number of carbonyl (C=O) groups excluding carboxylic acids is 1. The molecule has 0 aliphatic carbocycles. The minimum absolute atomic E-state index is 0.213. The van der Waals surface area contributed by atoms with Crippen LogP contribution < -0.4 is 15.4 Å². The molecule has 1 aliphatic heterocycles. The lowest BCUT2D eigenvalue weighted by molar-refractivity contribution is 0.0904. The van der Waals surface area contributed by atoms with Gasteiger partial charge in [0.1, 0.15) is 0 Å². The molecule has 3 rings (SSSR count). The van der Waals surface area contributed by atoms with E-state index in [2.05, 4.69) is 25.4 Å². The Bertz CT molecular complexity index is 953. The summed E-state index contributed by atoms with van der Waals surface area (Å²) in [7, 11) is -3.23. The van der Waals surface area contributed by atoms with E-state index >= 15 is 0 Å². The molecule has 0 bridgehead atoms. The lowest BCUT2D eigenvalue weighted by Crippen LogP contribution is -2.32. The second-order valence-electron chi connectivity index (χ2n) is 7.05. The van der Waals surface area contributed by atoms with Crippen molar-refractivity contribution < 1.29 is 17.9 Å². The van der Waals surface area contributed by atoms with Gasteiger partial charge in [0.2, 0.25) is 10.0 Å². The fraction of sp³-hybridized carbons (Fsp3) is 0.611. The molecule has 10 nitrogen and oxygen atoms in total. The number of aryl methyl sites for hydroxylation is 1. The number of nitrogens with one attached hydrogen (secondary N) is 3. The Morgan fingerprint density at radius 1 is 1.28 bits per heavy atom. The van der Waals surface area contributed by atoms with Crippen LogP contribution in [0.4, 0.5) is 5.69 Å². The zero-order valence-electron chi connectivity index (χ0n) is 16.8. The summed E-state index contributed by atoms with van der Waals surface area (Å²) in [5.74, 6) is -0.252. The number of hydrogen-bond donors (Lipinski definition) is 3. The maximum atomic E-state index is 12.8. The number of amides is 1. The van der Waals surface area contributed by atoms with E-state index in [-0.39, 0.29) is 18.5 Å². The van der Waals surface area contributed by atoms with Crippen LogP contribution >= 0.6 is 0 Å². The van der Waals surface area contributed by atoms with E-state index in [1.807, 2.05) is 6.92 Å². The second-order valence-corrected chi connectivity index (χ2v) is 8.88. The first kappa shape index (κ1) is 21.5. The van der Waals surface area contributed by atoms with E-state index in [0.29, 0.717) is 38.3 Å². The number of carbonyl (C=O) groups is 1. The third-order valence-corrected chi connectivity index (χ3v) is 5.51. The van der Waals surface area contributed by atoms with Crippen molar-refractivity contribution in [3.05, 3.63) is 18.0 Å². The van der Waals surface area contributed by atoms with Gasteiger partial charge in [-0.1, -0.05) is 0 Å². The maximum absolute atomic E-state index is 12.8. The van der Waals surface area contributed by atoms with Crippen LogP contribution in [0.5, 0.6) is 0 Å². The second kappa shape index (κ2) is 9.51. The fourth-order valence-electron chi connectivity index (χ4n) is 3.27. The first-order valence-corrected chi connectivity index (χ1v) is 11.7. The van der Waals surface area contributed by atoms with Gasteiger partial charge in [0, 0.05) is 45.1 Å². The molecular formula is C18H28N6O4S. The maximum Gasteiger partial charge on any atom is 0.254 e. The standard InChI is InChI=1S/C18H28N6O4S/c1-3-24-17-14(12-21-24)16(23-13-5-9-28-10-6-13)15(11-20-17)18(25)19-7-4-8-22-29(2,26)27/h11-13,22H,3-10H2,1-2H3,(H,19,25)(H,20,23). The lowest BCUT2D eigenvalue weighted by Gasteiger charge is -2.25. The number of fused-ring (bicyclic) bond motifs is 1. The molecule has 1 amide bonds. The molecule has 11 heteroatoms. The van der Waals surface area contributed by atoms with Crippen molar-refractivity contribution >= 4 is 32.7 Å². The summed E-state index contributed by atoms with van der Waals surface area (Å²) < 4.78 is 31.8. The largest absolute Gasteiger partial charge is 0.381 e. The molecule has 0 aromatic carbocycles. The molecule has 1 aliphatic rings. The Labute approximate surface area is 170 Å². The van der Waals surface area contributed by atoms with Gasteiger partial charge >= 0.3 is 0 Å². The molecular weight excluding hydrogens is 396 g/mol. The minimum Gasteiger partial charge on any atom is -0.381 e. The summed E-state index contributed by atoms with van der Waals surface area (Å²) in [6, 6.07) is 0.213. The lowest BCUT2D eigenvalue weighted by atomic mass is 10.1. The Balaban J connectivity index is 1.76. The number of pyridine rings is 1. The molecule has 0 atom stereocenters. The highest BCUT2D eigenvalue weighted by molar-refractivity contribution is 7.88. The van der Waals surface area contributed by atoms with Crippen LogP contribution in [0.25, 0.3) is 11.0 Å². The molecule has 1 saturated heterocycles. The van der Waals surface area contributed by atoms with Crippen LogP contribution in [-0.2, 0) is 21.3 Å². The van der Waals surface area contributed by atoms with Gasteiger partial charge in [0.25, 0.3) is 5.91 Å². The van der Waals surface area contributed by atoms with E-state index in [1.165, 1.54) is 0 Å². The Hall–Kier alpha value is -2.24. The summed E-state index contributed by atoms with van der Waals surface area (Å²) in [5, 5.41) is 11.5. The van der Waals surface area contributed by atoms with Gasteiger partial charge < -0.3 is 15.4 Å².